The number of nitrogens with zero attached hydrogens (tertiary/aromatic N) is 3. The van der Waals surface area contributed by atoms with Crippen LogP contribution in [0.25, 0.3) is 11.4 Å². The topological polar surface area (TPSA) is 51.4 Å². The average molecular weight is 322 g/mol. The minimum Gasteiger partial charge on any atom is -0.384 e. The first-order chi connectivity index (χ1) is 10.7. The molecule has 0 N–H and O–H groups in total. The van der Waals surface area contributed by atoms with Gasteiger partial charge in [-0.1, -0.05) is 16.8 Å². The summed E-state index contributed by atoms with van der Waals surface area (Å²) >= 11 is 5.89. The highest BCUT2D eigenvalue weighted by atomic mass is 35.5. The zero-order valence-electron chi connectivity index (χ0n) is 12.7. The van der Waals surface area contributed by atoms with E-state index in [2.05, 4.69) is 15.0 Å². The number of methoxy groups -OCH3 is 1. The summed E-state index contributed by atoms with van der Waals surface area (Å²) < 4.78 is 10.6. The lowest BCUT2D eigenvalue weighted by molar-refractivity contribution is 0.0820. The third-order valence-corrected chi connectivity index (χ3v) is 4.19. The van der Waals surface area contributed by atoms with Gasteiger partial charge < -0.3 is 9.26 Å². The first-order valence-electron chi connectivity index (χ1n) is 7.54. The van der Waals surface area contributed by atoms with Crippen molar-refractivity contribution in [1.82, 2.24) is 15.0 Å². The van der Waals surface area contributed by atoms with Gasteiger partial charge in [0.1, 0.15) is 0 Å². The number of aromatic nitrogens is 2. The summed E-state index contributed by atoms with van der Waals surface area (Å²) in [5.41, 5.74) is 0.912. The van der Waals surface area contributed by atoms with Crippen LogP contribution in [0.15, 0.2) is 28.8 Å². The lowest BCUT2D eigenvalue weighted by Gasteiger charge is -2.31. The van der Waals surface area contributed by atoms with Crippen LogP contribution in [0.5, 0.6) is 0 Å². The first kappa shape index (κ1) is 15.5. The average Bonchev–Trinajstić information content (AvgIpc) is 2.97. The number of halogens is 1. The smallest absolute Gasteiger partial charge is 0.241 e. The number of benzene rings is 1. The molecule has 118 valence electrons. The van der Waals surface area contributed by atoms with Gasteiger partial charge in [0.25, 0.3) is 0 Å². The molecular weight excluding hydrogens is 302 g/mol. The van der Waals surface area contributed by atoms with Gasteiger partial charge >= 0.3 is 0 Å². The van der Waals surface area contributed by atoms with Crippen LogP contribution in [-0.4, -0.2) is 41.8 Å². The van der Waals surface area contributed by atoms with E-state index in [1.54, 1.807) is 7.11 Å². The van der Waals surface area contributed by atoms with Gasteiger partial charge in [-0.2, -0.15) is 4.98 Å². The van der Waals surface area contributed by atoms with Gasteiger partial charge in [-0.15, -0.1) is 0 Å². The van der Waals surface area contributed by atoms with Gasteiger partial charge in [-0.25, -0.2) is 0 Å². The predicted octanol–water partition coefficient (Wildman–Crippen LogP) is 3.25. The van der Waals surface area contributed by atoms with Crippen LogP contribution in [0.1, 0.15) is 18.7 Å². The van der Waals surface area contributed by atoms with Gasteiger partial charge in [-0.05, 0) is 49.6 Å². The van der Waals surface area contributed by atoms with Crippen molar-refractivity contribution in [3.8, 4) is 11.4 Å². The molecule has 2 aromatic rings. The molecule has 6 heteroatoms. The molecule has 0 bridgehead atoms. The Hall–Kier alpha value is -1.43. The van der Waals surface area contributed by atoms with E-state index in [9.17, 15) is 0 Å². The molecule has 0 spiro atoms. The fraction of sp³-hybridized carbons (Fsp3) is 0.500. The molecule has 0 amide bonds. The Balaban J connectivity index is 1.63. The van der Waals surface area contributed by atoms with Gasteiger partial charge in [0.15, 0.2) is 0 Å². The Kier molecular flexibility index (Phi) is 5.08. The van der Waals surface area contributed by atoms with Crippen molar-refractivity contribution in [2.45, 2.75) is 19.4 Å². The van der Waals surface area contributed by atoms with Crippen molar-refractivity contribution in [1.29, 1.82) is 0 Å². The van der Waals surface area contributed by atoms with Crippen LogP contribution in [0.2, 0.25) is 5.02 Å². The van der Waals surface area contributed by atoms with Crippen LogP contribution in [-0.2, 0) is 11.3 Å². The SMILES string of the molecule is COCC1CCCN(Cc2nc(-c3ccc(Cl)cc3)no2)C1. The molecule has 1 aromatic carbocycles. The largest absolute Gasteiger partial charge is 0.384 e. The number of likely N-dealkylation sites (tertiary alicyclic amines) is 1. The molecule has 1 atom stereocenters. The molecule has 5 nitrogen and oxygen atoms in total. The second-order valence-electron chi connectivity index (χ2n) is 5.72. The van der Waals surface area contributed by atoms with Crippen LogP contribution in [0.4, 0.5) is 0 Å². The molecule has 22 heavy (non-hydrogen) atoms. The molecule has 0 radical (unpaired) electrons. The summed E-state index contributed by atoms with van der Waals surface area (Å²) in [6, 6.07) is 7.44. The molecule has 1 fully saturated rings. The van der Waals surface area contributed by atoms with E-state index in [1.165, 1.54) is 12.8 Å². The Bertz CT molecular complexity index is 598. The quantitative estimate of drug-likeness (QED) is 0.846. The van der Waals surface area contributed by atoms with Gasteiger partial charge in [-0.3, -0.25) is 4.90 Å². The highest BCUT2D eigenvalue weighted by Gasteiger charge is 2.21. The van der Waals surface area contributed by atoms with E-state index in [0.717, 1.165) is 25.3 Å². The number of piperidine rings is 1. The molecule has 0 saturated carbocycles. The van der Waals surface area contributed by atoms with Crippen molar-refractivity contribution in [3.63, 3.8) is 0 Å². The van der Waals surface area contributed by atoms with Gasteiger partial charge in [0.05, 0.1) is 13.2 Å². The Morgan fingerprint density at radius 2 is 2.18 bits per heavy atom. The fourth-order valence-corrected chi connectivity index (χ4v) is 3.02. The number of hydrogen-bond donors (Lipinski definition) is 0. The summed E-state index contributed by atoms with van der Waals surface area (Å²) in [6.07, 6.45) is 2.41. The highest BCUT2D eigenvalue weighted by molar-refractivity contribution is 6.30. The van der Waals surface area contributed by atoms with Gasteiger partial charge in [0.2, 0.25) is 11.7 Å². The van der Waals surface area contributed by atoms with E-state index in [0.29, 0.717) is 29.2 Å². The Morgan fingerprint density at radius 1 is 1.36 bits per heavy atom. The van der Waals surface area contributed by atoms with Crippen molar-refractivity contribution in [3.05, 3.63) is 35.2 Å². The van der Waals surface area contributed by atoms with E-state index in [1.807, 2.05) is 24.3 Å². The van der Waals surface area contributed by atoms with Crippen molar-refractivity contribution in [2.75, 3.05) is 26.8 Å². The van der Waals surface area contributed by atoms with Crippen LogP contribution in [0.3, 0.4) is 0 Å². The number of rotatable bonds is 5. The number of ether oxygens (including phenoxy) is 1. The lowest BCUT2D eigenvalue weighted by Crippen LogP contribution is -2.36. The normalized spacial score (nSPS) is 19.5. The third-order valence-electron chi connectivity index (χ3n) is 3.93. The highest BCUT2D eigenvalue weighted by Crippen LogP contribution is 2.21. The maximum absolute atomic E-state index is 5.89. The monoisotopic (exact) mass is 321 g/mol. The van der Waals surface area contributed by atoms with Crippen LogP contribution < -0.4 is 0 Å². The summed E-state index contributed by atoms with van der Waals surface area (Å²) in [4.78, 5) is 6.84. The maximum atomic E-state index is 5.89. The Morgan fingerprint density at radius 3 is 2.95 bits per heavy atom. The van der Waals surface area contributed by atoms with Crippen molar-refractivity contribution < 1.29 is 9.26 Å². The molecule has 1 aromatic heterocycles. The van der Waals surface area contributed by atoms with Crippen LogP contribution in [0, 0.1) is 5.92 Å². The van der Waals surface area contributed by atoms with Crippen molar-refractivity contribution >= 4 is 11.6 Å². The molecular formula is C16H20ClN3O2. The summed E-state index contributed by atoms with van der Waals surface area (Å²) in [5, 5.41) is 4.76. The standard InChI is InChI=1S/C16H20ClN3O2/c1-21-11-12-3-2-8-20(9-12)10-15-18-16(19-22-15)13-4-6-14(17)7-5-13/h4-7,12H,2-3,8-11H2,1H3. The third kappa shape index (κ3) is 3.85. The summed E-state index contributed by atoms with van der Waals surface area (Å²) in [5.74, 6) is 1.86. The van der Waals surface area contributed by atoms with E-state index >= 15 is 0 Å². The zero-order chi connectivity index (χ0) is 15.4. The lowest BCUT2D eigenvalue weighted by atomic mass is 9.99. The molecule has 3 rings (SSSR count). The Labute approximate surface area is 135 Å². The second-order valence-corrected chi connectivity index (χ2v) is 6.15. The summed E-state index contributed by atoms with van der Waals surface area (Å²) in [6.45, 7) is 3.60. The molecule has 1 unspecified atom stereocenters. The zero-order valence-corrected chi connectivity index (χ0v) is 13.4. The van der Waals surface area contributed by atoms with E-state index < -0.39 is 0 Å². The first-order valence-corrected chi connectivity index (χ1v) is 7.92. The van der Waals surface area contributed by atoms with Gasteiger partial charge in [0, 0.05) is 24.2 Å². The minimum atomic E-state index is 0.595. The second kappa shape index (κ2) is 7.22. The molecule has 1 aliphatic rings. The molecule has 2 heterocycles. The van der Waals surface area contributed by atoms with Crippen LogP contribution >= 0.6 is 11.6 Å². The maximum Gasteiger partial charge on any atom is 0.241 e. The van der Waals surface area contributed by atoms with Crippen molar-refractivity contribution in [2.24, 2.45) is 5.92 Å². The van der Waals surface area contributed by atoms with E-state index in [-0.39, 0.29) is 0 Å². The number of hydrogen-bond acceptors (Lipinski definition) is 5. The minimum absolute atomic E-state index is 0.595. The summed E-state index contributed by atoms with van der Waals surface area (Å²) in [7, 11) is 1.76. The van der Waals surface area contributed by atoms with E-state index in [4.69, 9.17) is 20.9 Å². The molecule has 0 aliphatic carbocycles. The predicted molar refractivity (Wildman–Crippen MR) is 84.6 cm³/mol. The molecule has 1 aliphatic heterocycles. The molecule has 1 saturated heterocycles. The fourth-order valence-electron chi connectivity index (χ4n) is 2.89.